The predicted octanol–water partition coefficient (Wildman–Crippen LogP) is 6.05. The first-order chi connectivity index (χ1) is 7.81. The average molecular weight is 273 g/mol. The third-order valence-corrected chi connectivity index (χ3v) is 4.80. The lowest BCUT2D eigenvalue weighted by atomic mass is 9.83. The maximum Gasteiger partial charge on any atom is 0.0681 e. The summed E-state index contributed by atoms with van der Waals surface area (Å²) in [6.07, 6.45) is 3.44. The number of thiophene rings is 1. The maximum absolute atomic E-state index is 6.51. The zero-order valence-electron chi connectivity index (χ0n) is 11.7. The van der Waals surface area contributed by atoms with E-state index in [0.717, 1.165) is 12.8 Å². The summed E-state index contributed by atoms with van der Waals surface area (Å²) in [6.45, 7) is 11.4. The number of halogens is 1. The molecule has 0 radical (unpaired) electrons. The standard InChI is InChI=1S/C15H25ClS/c1-6-12-7-8-14(17-12)13(16)9-11(2)10-15(3,4)5/h7-8,11,13H,6,9-10H2,1-5H3. The highest BCUT2D eigenvalue weighted by Crippen LogP contribution is 2.36. The topological polar surface area (TPSA) is 0 Å². The molecule has 0 saturated carbocycles. The minimum absolute atomic E-state index is 0.192. The van der Waals surface area contributed by atoms with E-state index < -0.39 is 0 Å². The Morgan fingerprint density at radius 1 is 1.29 bits per heavy atom. The molecule has 0 spiro atoms. The Kier molecular flexibility index (Phi) is 5.53. The van der Waals surface area contributed by atoms with E-state index in [2.05, 4.69) is 46.8 Å². The van der Waals surface area contributed by atoms with E-state index in [1.165, 1.54) is 16.2 Å². The summed E-state index contributed by atoms with van der Waals surface area (Å²) < 4.78 is 0. The van der Waals surface area contributed by atoms with Crippen molar-refractivity contribution in [2.45, 2.75) is 59.3 Å². The Morgan fingerprint density at radius 3 is 2.41 bits per heavy atom. The highest BCUT2D eigenvalue weighted by Gasteiger charge is 2.19. The molecule has 98 valence electrons. The molecule has 0 aliphatic carbocycles. The van der Waals surface area contributed by atoms with Crippen molar-refractivity contribution in [1.82, 2.24) is 0 Å². The third-order valence-electron chi connectivity index (χ3n) is 2.91. The van der Waals surface area contributed by atoms with Crippen LogP contribution < -0.4 is 0 Å². The summed E-state index contributed by atoms with van der Waals surface area (Å²) in [6, 6.07) is 4.41. The summed E-state index contributed by atoms with van der Waals surface area (Å²) in [4.78, 5) is 2.78. The zero-order chi connectivity index (χ0) is 13.1. The van der Waals surface area contributed by atoms with Gasteiger partial charge >= 0.3 is 0 Å². The van der Waals surface area contributed by atoms with Gasteiger partial charge in [0.05, 0.1) is 5.38 Å². The van der Waals surface area contributed by atoms with Crippen LogP contribution in [0.3, 0.4) is 0 Å². The van der Waals surface area contributed by atoms with Gasteiger partial charge in [0.25, 0.3) is 0 Å². The van der Waals surface area contributed by atoms with Crippen LogP contribution >= 0.6 is 22.9 Å². The third kappa shape index (κ3) is 5.44. The first kappa shape index (κ1) is 15.0. The average Bonchev–Trinajstić information content (AvgIpc) is 2.62. The predicted molar refractivity (Wildman–Crippen MR) is 80.1 cm³/mol. The van der Waals surface area contributed by atoms with Crippen LogP contribution in [0.25, 0.3) is 0 Å². The summed E-state index contributed by atoms with van der Waals surface area (Å²) in [5.41, 5.74) is 0.403. The molecule has 0 bridgehead atoms. The molecule has 1 aromatic rings. The molecule has 17 heavy (non-hydrogen) atoms. The monoisotopic (exact) mass is 272 g/mol. The second-order valence-electron chi connectivity index (χ2n) is 6.23. The van der Waals surface area contributed by atoms with Crippen molar-refractivity contribution in [2.24, 2.45) is 11.3 Å². The van der Waals surface area contributed by atoms with Crippen molar-refractivity contribution in [1.29, 1.82) is 0 Å². The Hall–Kier alpha value is -0.0100. The summed E-state index contributed by atoms with van der Waals surface area (Å²) >= 11 is 8.38. The van der Waals surface area contributed by atoms with Crippen LogP contribution in [0.2, 0.25) is 0 Å². The van der Waals surface area contributed by atoms with Crippen LogP contribution in [0.5, 0.6) is 0 Å². The molecule has 0 aliphatic rings. The van der Waals surface area contributed by atoms with Gasteiger partial charge in [-0.25, -0.2) is 0 Å². The molecule has 0 fully saturated rings. The molecule has 1 heterocycles. The smallest absolute Gasteiger partial charge is 0.0681 e. The number of aryl methyl sites for hydroxylation is 1. The van der Waals surface area contributed by atoms with Gasteiger partial charge in [0, 0.05) is 9.75 Å². The molecule has 1 aromatic heterocycles. The number of hydrogen-bond acceptors (Lipinski definition) is 1. The highest BCUT2D eigenvalue weighted by molar-refractivity contribution is 7.12. The van der Waals surface area contributed by atoms with Gasteiger partial charge in [-0.3, -0.25) is 0 Å². The minimum atomic E-state index is 0.192. The molecular formula is C15H25ClS. The van der Waals surface area contributed by atoms with Gasteiger partial charge in [0.1, 0.15) is 0 Å². The van der Waals surface area contributed by atoms with Gasteiger partial charge < -0.3 is 0 Å². The Morgan fingerprint density at radius 2 is 1.94 bits per heavy atom. The van der Waals surface area contributed by atoms with Crippen LogP contribution in [-0.2, 0) is 6.42 Å². The van der Waals surface area contributed by atoms with Crippen LogP contribution in [0.15, 0.2) is 12.1 Å². The molecule has 2 unspecified atom stereocenters. The molecule has 2 heteroatoms. The summed E-state index contributed by atoms with van der Waals surface area (Å²) in [5, 5.41) is 0.192. The van der Waals surface area contributed by atoms with Crippen molar-refractivity contribution < 1.29 is 0 Å². The Bertz CT molecular complexity index is 335. The quantitative estimate of drug-likeness (QED) is 0.572. The molecule has 0 saturated heterocycles. The summed E-state index contributed by atoms with van der Waals surface area (Å²) in [5.74, 6) is 0.685. The van der Waals surface area contributed by atoms with Gasteiger partial charge in [-0.2, -0.15) is 0 Å². The lowest BCUT2D eigenvalue weighted by Gasteiger charge is -2.24. The van der Waals surface area contributed by atoms with Crippen molar-refractivity contribution in [3.63, 3.8) is 0 Å². The summed E-state index contributed by atoms with van der Waals surface area (Å²) in [7, 11) is 0. The van der Waals surface area contributed by atoms with E-state index in [4.69, 9.17) is 11.6 Å². The fourth-order valence-corrected chi connectivity index (χ4v) is 3.80. The molecule has 2 atom stereocenters. The van der Waals surface area contributed by atoms with Gasteiger partial charge in [0.15, 0.2) is 0 Å². The van der Waals surface area contributed by atoms with Crippen molar-refractivity contribution in [3.05, 3.63) is 21.9 Å². The van der Waals surface area contributed by atoms with Crippen molar-refractivity contribution in [2.75, 3.05) is 0 Å². The fraction of sp³-hybridized carbons (Fsp3) is 0.733. The molecule has 0 aliphatic heterocycles. The van der Waals surface area contributed by atoms with E-state index in [1.807, 2.05) is 11.3 Å². The maximum atomic E-state index is 6.51. The fourth-order valence-electron chi connectivity index (χ4n) is 2.35. The Labute approximate surface area is 115 Å². The zero-order valence-corrected chi connectivity index (χ0v) is 13.3. The van der Waals surface area contributed by atoms with Crippen LogP contribution in [-0.4, -0.2) is 0 Å². The molecule has 0 nitrogen and oxygen atoms in total. The normalized spacial score (nSPS) is 15.9. The minimum Gasteiger partial charge on any atom is -0.144 e. The first-order valence-electron chi connectivity index (χ1n) is 6.54. The van der Waals surface area contributed by atoms with E-state index >= 15 is 0 Å². The second-order valence-corrected chi connectivity index (χ2v) is 7.96. The van der Waals surface area contributed by atoms with Crippen molar-refractivity contribution >= 4 is 22.9 Å². The van der Waals surface area contributed by atoms with E-state index in [1.54, 1.807) is 0 Å². The molecule has 0 N–H and O–H groups in total. The lowest BCUT2D eigenvalue weighted by Crippen LogP contribution is -2.12. The number of alkyl halides is 1. The van der Waals surface area contributed by atoms with Crippen LogP contribution in [0, 0.1) is 11.3 Å². The Balaban J connectivity index is 2.51. The largest absolute Gasteiger partial charge is 0.144 e. The lowest BCUT2D eigenvalue weighted by molar-refractivity contribution is 0.295. The van der Waals surface area contributed by atoms with E-state index in [9.17, 15) is 0 Å². The number of rotatable bonds is 5. The van der Waals surface area contributed by atoms with Gasteiger partial charge in [0.2, 0.25) is 0 Å². The molecule has 0 amide bonds. The first-order valence-corrected chi connectivity index (χ1v) is 7.80. The van der Waals surface area contributed by atoms with Crippen LogP contribution in [0.4, 0.5) is 0 Å². The second kappa shape index (κ2) is 6.24. The van der Waals surface area contributed by atoms with E-state index in [0.29, 0.717) is 11.3 Å². The van der Waals surface area contributed by atoms with Gasteiger partial charge in [-0.1, -0.05) is 34.6 Å². The van der Waals surface area contributed by atoms with Crippen LogP contribution in [0.1, 0.15) is 62.6 Å². The highest BCUT2D eigenvalue weighted by atomic mass is 35.5. The molecule has 1 rings (SSSR count). The number of hydrogen-bond donors (Lipinski definition) is 0. The van der Waals surface area contributed by atoms with Gasteiger partial charge in [-0.15, -0.1) is 22.9 Å². The van der Waals surface area contributed by atoms with E-state index in [-0.39, 0.29) is 5.38 Å². The molecule has 0 aromatic carbocycles. The molecular weight excluding hydrogens is 248 g/mol. The van der Waals surface area contributed by atoms with Crippen molar-refractivity contribution in [3.8, 4) is 0 Å². The SMILES string of the molecule is CCc1ccc(C(Cl)CC(C)CC(C)(C)C)s1. The van der Waals surface area contributed by atoms with Gasteiger partial charge in [-0.05, 0) is 42.7 Å².